The summed E-state index contributed by atoms with van der Waals surface area (Å²) in [6.45, 7) is 8.75. The van der Waals surface area contributed by atoms with Gasteiger partial charge in [-0.2, -0.15) is 0 Å². The van der Waals surface area contributed by atoms with Gasteiger partial charge in [0.1, 0.15) is 0 Å². The number of rotatable bonds is 12. The summed E-state index contributed by atoms with van der Waals surface area (Å²) in [5.74, 6) is -0.837. The second-order valence-corrected chi connectivity index (χ2v) is 9.86. The van der Waals surface area contributed by atoms with Gasteiger partial charge in [0.05, 0.1) is 5.92 Å². The number of pyridine rings is 1. The van der Waals surface area contributed by atoms with Gasteiger partial charge in [0, 0.05) is 43.4 Å². The van der Waals surface area contributed by atoms with Crippen molar-refractivity contribution in [3.05, 3.63) is 102 Å². The number of carbonyl (C=O) groups excluding carboxylic acids is 2. The fourth-order valence-corrected chi connectivity index (χ4v) is 4.94. The van der Waals surface area contributed by atoms with E-state index in [2.05, 4.69) is 22.4 Å². The van der Waals surface area contributed by atoms with Crippen LogP contribution in [-0.4, -0.2) is 40.3 Å². The van der Waals surface area contributed by atoms with Gasteiger partial charge in [-0.3, -0.25) is 14.6 Å². The van der Waals surface area contributed by atoms with Crippen LogP contribution in [0.25, 0.3) is 0 Å². The topological polar surface area (TPSA) is 62.3 Å². The molecule has 3 rings (SSSR count). The van der Waals surface area contributed by atoms with Gasteiger partial charge < -0.3 is 10.2 Å². The third-order valence-corrected chi connectivity index (χ3v) is 6.52. The number of nitrogens with one attached hydrogen (secondary N) is 1. The van der Waals surface area contributed by atoms with Crippen molar-refractivity contribution in [3.63, 3.8) is 0 Å². The summed E-state index contributed by atoms with van der Waals surface area (Å²) < 4.78 is 0. The van der Waals surface area contributed by atoms with Crippen molar-refractivity contribution in [3.8, 4) is 0 Å². The van der Waals surface area contributed by atoms with Crippen molar-refractivity contribution in [2.75, 3.05) is 6.54 Å². The predicted octanol–water partition coefficient (Wildman–Crippen LogP) is 5.73. The van der Waals surface area contributed by atoms with E-state index in [1.807, 2.05) is 93.3 Å². The number of benzene rings is 2. The Morgan fingerprint density at radius 3 is 2.03 bits per heavy atom. The molecule has 1 N–H and O–H groups in total. The van der Waals surface area contributed by atoms with Crippen LogP contribution in [0, 0.1) is 0 Å². The number of amides is 2. The molecule has 2 unspecified atom stereocenters. The lowest BCUT2D eigenvalue weighted by Crippen LogP contribution is -2.46. The summed E-state index contributed by atoms with van der Waals surface area (Å²) in [6, 6.07) is 24.1. The van der Waals surface area contributed by atoms with E-state index in [1.165, 1.54) is 5.56 Å². The maximum Gasteiger partial charge on any atom is 0.231 e. The standard InChI is InChI=1S/C31H39N3O2/c1-23(2)34(24(3)4)31(36)30(27-18-12-19-32-22-27)28(26-16-9-6-10-17-26)21-29(35)33-20-11-15-25-13-7-5-8-14-25/h5-10,12-14,16-19,22-24,28,30H,11,15,20-21H2,1-4H3,(H,33,35). The third-order valence-electron chi connectivity index (χ3n) is 6.52. The van der Waals surface area contributed by atoms with Gasteiger partial charge in [0.2, 0.25) is 11.8 Å². The maximum absolute atomic E-state index is 14.1. The minimum atomic E-state index is -0.513. The van der Waals surface area contributed by atoms with E-state index in [9.17, 15) is 9.59 Å². The first-order chi connectivity index (χ1) is 17.4. The second kappa shape index (κ2) is 13.6. The van der Waals surface area contributed by atoms with Crippen molar-refractivity contribution in [1.29, 1.82) is 0 Å². The Morgan fingerprint density at radius 2 is 1.44 bits per heavy atom. The van der Waals surface area contributed by atoms with Crippen LogP contribution in [0.2, 0.25) is 0 Å². The van der Waals surface area contributed by atoms with Crippen LogP contribution in [0.5, 0.6) is 0 Å². The smallest absolute Gasteiger partial charge is 0.231 e. The van der Waals surface area contributed by atoms with Gasteiger partial charge in [0.15, 0.2) is 0 Å². The molecule has 2 aromatic carbocycles. The molecule has 0 aliphatic carbocycles. The molecule has 0 saturated heterocycles. The Morgan fingerprint density at radius 1 is 0.833 bits per heavy atom. The highest BCUT2D eigenvalue weighted by Gasteiger charge is 2.37. The average Bonchev–Trinajstić information content (AvgIpc) is 2.87. The van der Waals surface area contributed by atoms with E-state index in [1.54, 1.807) is 12.4 Å². The van der Waals surface area contributed by atoms with Crippen molar-refractivity contribution < 1.29 is 9.59 Å². The van der Waals surface area contributed by atoms with Crippen LogP contribution >= 0.6 is 0 Å². The van der Waals surface area contributed by atoms with Crippen molar-refractivity contribution >= 4 is 11.8 Å². The first-order valence-electron chi connectivity index (χ1n) is 13.0. The van der Waals surface area contributed by atoms with Gasteiger partial charge >= 0.3 is 0 Å². The SMILES string of the molecule is CC(C)N(C(=O)C(c1cccnc1)C(CC(=O)NCCCc1ccccc1)c1ccccc1)C(C)C. The van der Waals surface area contributed by atoms with E-state index in [0.29, 0.717) is 6.54 Å². The Balaban J connectivity index is 1.84. The Hall–Kier alpha value is -3.47. The molecule has 5 nitrogen and oxygen atoms in total. The van der Waals surface area contributed by atoms with E-state index < -0.39 is 5.92 Å². The molecular formula is C31H39N3O2. The molecule has 0 aliphatic rings. The molecule has 0 aliphatic heterocycles. The molecule has 3 aromatic rings. The first-order valence-corrected chi connectivity index (χ1v) is 13.0. The lowest BCUT2D eigenvalue weighted by molar-refractivity contribution is -0.137. The number of aromatic nitrogens is 1. The molecular weight excluding hydrogens is 446 g/mol. The lowest BCUT2D eigenvalue weighted by atomic mass is 9.78. The van der Waals surface area contributed by atoms with Crippen LogP contribution in [0.4, 0.5) is 0 Å². The summed E-state index contributed by atoms with van der Waals surface area (Å²) in [5, 5.41) is 3.09. The monoisotopic (exact) mass is 485 g/mol. The summed E-state index contributed by atoms with van der Waals surface area (Å²) in [5.41, 5.74) is 3.07. The molecule has 1 heterocycles. The molecule has 5 heteroatoms. The van der Waals surface area contributed by atoms with E-state index in [4.69, 9.17) is 0 Å². The molecule has 0 spiro atoms. The zero-order valence-electron chi connectivity index (χ0n) is 21.9. The van der Waals surface area contributed by atoms with E-state index >= 15 is 0 Å². The Labute approximate surface area is 216 Å². The largest absolute Gasteiger partial charge is 0.356 e. The number of hydrogen-bond acceptors (Lipinski definition) is 3. The molecule has 0 fully saturated rings. The van der Waals surface area contributed by atoms with Crippen molar-refractivity contribution in [2.24, 2.45) is 0 Å². The van der Waals surface area contributed by atoms with Gasteiger partial charge in [-0.15, -0.1) is 0 Å². The summed E-state index contributed by atoms with van der Waals surface area (Å²) >= 11 is 0. The highest BCUT2D eigenvalue weighted by molar-refractivity contribution is 5.87. The Bertz CT molecular complexity index is 1060. The quantitative estimate of drug-likeness (QED) is 0.333. The fourth-order valence-electron chi connectivity index (χ4n) is 4.94. The third kappa shape index (κ3) is 7.51. The minimum absolute atomic E-state index is 0.0266. The predicted molar refractivity (Wildman–Crippen MR) is 146 cm³/mol. The van der Waals surface area contributed by atoms with Gasteiger partial charge in [-0.05, 0) is 63.3 Å². The minimum Gasteiger partial charge on any atom is -0.356 e. The zero-order valence-corrected chi connectivity index (χ0v) is 21.9. The average molecular weight is 486 g/mol. The van der Waals surface area contributed by atoms with Crippen LogP contribution in [0.1, 0.15) is 69.1 Å². The molecule has 2 atom stereocenters. The van der Waals surface area contributed by atoms with Crippen molar-refractivity contribution in [1.82, 2.24) is 15.2 Å². The summed E-state index contributed by atoms with van der Waals surface area (Å²) in [6.07, 6.45) is 5.48. The molecule has 0 saturated carbocycles. The van der Waals surface area contributed by atoms with Crippen LogP contribution in [0.15, 0.2) is 85.2 Å². The van der Waals surface area contributed by atoms with Crippen LogP contribution in [0.3, 0.4) is 0 Å². The van der Waals surface area contributed by atoms with Gasteiger partial charge in [0.25, 0.3) is 0 Å². The van der Waals surface area contributed by atoms with E-state index in [-0.39, 0.29) is 36.2 Å². The molecule has 0 bridgehead atoms. The second-order valence-electron chi connectivity index (χ2n) is 9.86. The maximum atomic E-state index is 14.1. The number of carbonyl (C=O) groups is 2. The lowest BCUT2D eigenvalue weighted by Gasteiger charge is -2.37. The van der Waals surface area contributed by atoms with Crippen LogP contribution < -0.4 is 5.32 Å². The highest BCUT2D eigenvalue weighted by Crippen LogP contribution is 2.38. The normalized spacial score (nSPS) is 12.8. The van der Waals surface area contributed by atoms with E-state index in [0.717, 1.165) is 24.0 Å². The summed E-state index contributed by atoms with van der Waals surface area (Å²) in [4.78, 5) is 33.5. The molecule has 0 radical (unpaired) electrons. The molecule has 2 amide bonds. The number of aryl methyl sites for hydroxylation is 1. The fraction of sp³-hybridized carbons (Fsp3) is 0.387. The van der Waals surface area contributed by atoms with Gasteiger partial charge in [-0.1, -0.05) is 66.7 Å². The zero-order chi connectivity index (χ0) is 25.9. The number of nitrogens with zero attached hydrogens (tertiary/aromatic N) is 2. The van der Waals surface area contributed by atoms with Crippen LogP contribution in [-0.2, 0) is 16.0 Å². The van der Waals surface area contributed by atoms with Gasteiger partial charge in [-0.25, -0.2) is 0 Å². The highest BCUT2D eigenvalue weighted by atomic mass is 16.2. The first kappa shape index (κ1) is 27.1. The molecule has 190 valence electrons. The molecule has 36 heavy (non-hydrogen) atoms. The van der Waals surface area contributed by atoms with Crippen molar-refractivity contribution in [2.45, 2.75) is 70.9 Å². The summed E-state index contributed by atoms with van der Waals surface area (Å²) in [7, 11) is 0. The molecule has 1 aromatic heterocycles. The Kier molecular flexibility index (Phi) is 10.2. The number of hydrogen-bond donors (Lipinski definition) is 1.